The molecule has 5 heteroatoms. The standard InChI is InChI=1S/C15H15N3O2/c1-20-15(19)17-14-7-6-12(10-16-14)18-9-8-11-4-2-3-5-13(11)18/h2-7,10H,8-9H2,1H3,(H,16,17,19). The van der Waals surface area contributed by atoms with E-state index in [2.05, 4.69) is 38.1 Å². The van der Waals surface area contributed by atoms with Crippen LogP contribution in [-0.4, -0.2) is 24.7 Å². The van der Waals surface area contributed by atoms with Crippen LogP contribution < -0.4 is 10.2 Å². The largest absolute Gasteiger partial charge is 0.453 e. The molecule has 0 aliphatic carbocycles. The molecule has 1 amide bonds. The predicted octanol–water partition coefficient (Wildman–Crippen LogP) is 2.95. The van der Waals surface area contributed by atoms with E-state index in [1.807, 2.05) is 12.1 Å². The number of hydrogen-bond acceptors (Lipinski definition) is 4. The molecule has 3 rings (SSSR count). The zero-order valence-corrected chi connectivity index (χ0v) is 11.2. The van der Waals surface area contributed by atoms with Gasteiger partial charge in [0.05, 0.1) is 19.0 Å². The molecule has 0 atom stereocenters. The van der Waals surface area contributed by atoms with Crippen molar-refractivity contribution in [3.63, 3.8) is 0 Å². The number of hydrogen-bond donors (Lipinski definition) is 1. The van der Waals surface area contributed by atoms with Crippen LogP contribution in [0.25, 0.3) is 0 Å². The van der Waals surface area contributed by atoms with Gasteiger partial charge < -0.3 is 9.64 Å². The summed E-state index contributed by atoms with van der Waals surface area (Å²) in [5.74, 6) is 0.480. The second kappa shape index (κ2) is 5.21. The number of nitrogens with zero attached hydrogens (tertiary/aromatic N) is 2. The summed E-state index contributed by atoms with van der Waals surface area (Å²) in [5, 5.41) is 2.54. The Morgan fingerprint density at radius 2 is 2.15 bits per heavy atom. The van der Waals surface area contributed by atoms with Crippen molar-refractivity contribution in [3.8, 4) is 0 Å². The van der Waals surface area contributed by atoms with Crippen molar-refractivity contribution in [1.29, 1.82) is 0 Å². The summed E-state index contributed by atoms with van der Waals surface area (Å²) in [6.45, 7) is 0.949. The lowest BCUT2D eigenvalue weighted by molar-refractivity contribution is 0.187. The van der Waals surface area contributed by atoms with E-state index in [0.717, 1.165) is 18.7 Å². The van der Waals surface area contributed by atoms with Crippen LogP contribution in [0.1, 0.15) is 5.56 Å². The highest BCUT2D eigenvalue weighted by atomic mass is 16.5. The third kappa shape index (κ3) is 2.30. The number of ether oxygens (including phenoxy) is 1. The van der Waals surface area contributed by atoms with Crippen molar-refractivity contribution >= 4 is 23.3 Å². The number of rotatable bonds is 2. The summed E-state index contributed by atoms with van der Waals surface area (Å²) in [6.07, 6.45) is 2.28. The summed E-state index contributed by atoms with van der Waals surface area (Å²) in [7, 11) is 1.32. The molecular weight excluding hydrogens is 254 g/mol. The van der Waals surface area contributed by atoms with Crippen LogP contribution in [0.4, 0.5) is 22.0 Å². The van der Waals surface area contributed by atoms with E-state index in [1.165, 1.54) is 18.4 Å². The van der Waals surface area contributed by atoms with Crippen LogP contribution >= 0.6 is 0 Å². The molecule has 0 fully saturated rings. The lowest BCUT2D eigenvalue weighted by Gasteiger charge is -2.19. The predicted molar refractivity (Wildman–Crippen MR) is 77.4 cm³/mol. The minimum absolute atomic E-state index is 0.480. The molecule has 2 heterocycles. The van der Waals surface area contributed by atoms with Gasteiger partial charge in [-0.3, -0.25) is 5.32 Å². The lowest BCUT2D eigenvalue weighted by Crippen LogP contribution is -2.15. The average Bonchev–Trinajstić information content (AvgIpc) is 2.92. The van der Waals surface area contributed by atoms with E-state index in [9.17, 15) is 4.79 Å². The lowest BCUT2D eigenvalue weighted by atomic mass is 10.2. The molecule has 0 saturated carbocycles. The summed E-state index contributed by atoms with van der Waals surface area (Å²) in [4.78, 5) is 17.6. The molecule has 5 nitrogen and oxygen atoms in total. The molecule has 1 aliphatic heterocycles. The van der Waals surface area contributed by atoms with Crippen molar-refractivity contribution < 1.29 is 9.53 Å². The van der Waals surface area contributed by atoms with E-state index in [-0.39, 0.29) is 0 Å². The maximum absolute atomic E-state index is 11.1. The number of para-hydroxylation sites is 1. The average molecular weight is 269 g/mol. The quantitative estimate of drug-likeness (QED) is 0.910. The summed E-state index contributed by atoms with van der Waals surface area (Å²) < 4.78 is 4.53. The Morgan fingerprint density at radius 3 is 2.90 bits per heavy atom. The molecule has 0 saturated heterocycles. The van der Waals surface area contributed by atoms with Crippen LogP contribution in [0.3, 0.4) is 0 Å². The van der Waals surface area contributed by atoms with Gasteiger partial charge in [-0.2, -0.15) is 0 Å². The molecule has 102 valence electrons. The van der Waals surface area contributed by atoms with Gasteiger partial charge in [-0.05, 0) is 30.2 Å². The van der Waals surface area contributed by atoms with Gasteiger partial charge in [0.1, 0.15) is 5.82 Å². The number of amides is 1. The van der Waals surface area contributed by atoms with Gasteiger partial charge in [-0.1, -0.05) is 18.2 Å². The van der Waals surface area contributed by atoms with Crippen LogP contribution in [0.15, 0.2) is 42.6 Å². The first-order chi connectivity index (χ1) is 9.78. The second-order valence-electron chi connectivity index (χ2n) is 4.55. The van der Waals surface area contributed by atoms with Crippen molar-refractivity contribution in [3.05, 3.63) is 48.2 Å². The number of carbonyl (C=O) groups excluding carboxylic acids is 1. The minimum atomic E-state index is -0.517. The van der Waals surface area contributed by atoms with Gasteiger partial charge in [0.2, 0.25) is 0 Å². The fraction of sp³-hybridized carbons (Fsp3) is 0.200. The monoisotopic (exact) mass is 269 g/mol. The Morgan fingerprint density at radius 1 is 1.30 bits per heavy atom. The first-order valence-electron chi connectivity index (χ1n) is 6.44. The first-order valence-corrected chi connectivity index (χ1v) is 6.44. The Bertz CT molecular complexity index is 625. The molecular formula is C15H15N3O2. The van der Waals surface area contributed by atoms with E-state index in [4.69, 9.17) is 0 Å². The molecule has 20 heavy (non-hydrogen) atoms. The summed E-state index contributed by atoms with van der Waals surface area (Å²) in [5.41, 5.74) is 3.60. The third-order valence-electron chi connectivity index (χ3n) is 3.36. The zero-order valence-electron chi connectivity index (χ0n) is 11.2. The van der Waals surface area contributed by atoms with E-state index in [0.29, 0.717) is 5.82 Å². The molecule has 0 unspecified atom stereocenters. The molecule has 1 N–H and O–H groups in total. The molecule has 0 bridgehead atoms. The molecule has 1 aromatic carbocycles. The SMILES string of the molecule is COC(=O)Nc1ccc(N2CCc3ccccc32)cn1. The normalized spacial score (nSPS) is 12.9. The zero-order chi connectivity index (χ0) is 13.9. The van der Waals surface area contributed by atoms with Crippen molar-refractivity contribution in [2.24, 2.45) is 0 Å². The number of methoxy groups -OCH3 is 1. The Balaban J connectivity index is 1.81. The number of benzene rings is 1. The van der Waals surface area contributed by atoms with E-state index < -0.39 is 6.09 Å². The number of aromatic nitrogens is 1. The number of fused-ring (bicyclic) bond motifs is 1. The molecule has 0 spiro atoms. The first kappa shape index (κ1) is 12.5. The summed E-state index contributed by atoms with van der Waals surface area (Å²) >= 11 is 0. The molecule has 1 aromatic heterocycles. The highest BCUT2D eigenvalue weighted by Gasteiger charge is 2.19. The van der Waals surface area contributed by atoms with Gasteiger partial charge in [0.25, 0.3) is 0 Å². The van der Waals surface area contributed by atoms with Crippen molar-refractivity contribution in [2.45, 2.75) is 6.42 Å². The maximum Gasteiger partial charge on any atom is 0.412 e. The smallest absolute Gasteiger partial charge is 0.412 e. The number of anilines is 3. The topological polar surface area (TPSA) is 54.5 Å². The molecule has 0 radical (unpaired) electrons. The Kier molecular flexibility index (Phi) is 3.25. The minimum Gasteiger partial charge on any atom is -0.453 e. The van der Waals surface area contributed by atoms with Gasteiger partial charge in [0.15, 0.2) is 0 Å². The fourth-order valence-corrected chi connectivity index (χ4v) is 2.38. The van der Waals surface area contributed by atoms with Gasteiger partial charge in [0, 0.05) is 12.2 Å². The third-order valence-corrected chi connectivity index (χ3v) is 3.36. The van der Waals surface area contributed by atoms with Crippen LogP contribution in [-0.2, 0) is 11.2 Å². The Labute approximate surface area is 117 Å². The highest BCUT2D eigenvalue weighted by Crippen LogP contribution is 2.33. The van der Waals surface area contributed by atoms with E-state index in [1.54, 1.807) is 12.3 Å². The fourth-order valence-electron chi connectivity index (χ4n) is 2.38. The maximum atomic E-state index is 11.1. The van der Waals surface area contributed by atoms with Crippen molar-refractivity contribution in [1.82, 2.24) is 4.98 Å². The number of carbonyl (C=O) groups is 1. The van der Waals surface area contributed by atoms with Crippen molar-refractivity contribution in [2.75, 3.05) is 23.9 Å². The molecule has 2 aromatic rings. The van der Waals surface area contributed by atoms with Gasteiger partial charge >= 0.3 is 6.09 Å². The van der Waals surface area contributed by atoms with Crippen LogP contribution in [0.5, 0.6) is 0 Å². The second-order valence-corrected chi connectivity index (χ2v) is 4.55. The molecule has 1 aliphatic rings. The van der Waals surface area contributed by atoms with Crippen LogP contribution in [0, 0.1) is 0 Å². The number of nitrogens with one attached hydrogen (secondary N) is 1. The Hall–Kier alpha value is -2.56. The van der Waals surface area contributed by atoms with Gasteiger partial charge in [-0.15, -0.1) is 0 Å². The van der Waals surface area contributed by atoms with Crippen LogP contribution in [0.2, 0.25) is 0 Å². The summed E-state index contributed by atoms with van der Waals surface area (Å²) in [6, 6.07) is 12.1. The van der Waals surface area contributed by atoms with Gasteiger partial charge in [-0.25, -0.2) is 9.78 Å². The van der Waals surface area contributed by atoms with E-state index >= 15 is 0 Å². The number of pyridine rings is 1. The highest BCUT2D eigenvalue weighted by molar-refractivity contribution is 5.83.